The van der Waals surface area contributed by atoms with Gasteiger partial charge in [0.05, 0.1) is 0 Å². The Labute approximate surface area is 179 Å². The van der Waals surface area contributed by atoms with Crippen molar-refractivity contribution in [3.05, 3.63) is 41.6 Å². The van der Waals surface area contributed by atoms with E-state index in [1.54, 1.807) is 4.90 Å². The lowest BCUT2D eigenvalue weighted by molar-refractivity contribution is -0.137. The topological polar surface area (TPSA) is 70.2 Å². The van der Waals surface area contributed by atoms with Crippen molar-refractivity contribution in [2.75, 3.05) is 30.3 Å². The largest absolute Gasteiger partial charge is 0.421 e. The summed E-state index contributed by atoms with van der Waals surface area (Å²) in [6, 6.07) is 7.73. The molecule has 1 saturated heterocycles. The molecule has 9 heteroatoms. The fraction of sp³-hybridized carbons (Fsp3) is 0.500. The van der Waals surface area contributed by atoms with Crippen molar-refractivity contribution in [2.24, 2.45) is 0 Å². The van der Waals surface area contributed by atoms with Crippen LogP contribution in [0, 0.1) is 0 Å². The van der Waals surface area contributed by atoms with Gasteiger partial charge in [-0.25, -0.2) is 4.98 Å². The molecule has 2 fully saturated rings. The number of rotatable bonds is 8. The Morgan fingerprint density at radius 1 is 1.16 bits per heavy atom. The molecule has 166 valence electrons. The van der Waals surface area contributed by atoms with Crippen molar-refractivity contribution in [1.29, 1.82) is 0 Å². The molecular formula is C22H26F3N5O. The third-order valence-corrected chi connectivity index (χ3v) is 5.64. The second-order valence-electron chi connectivity index (χ2n) is 8.06. The van der Waals surface area contributed by atoms with Gasteiger partial charge in [-0.2, -0.15) is 18.2 Å². The van der Waals surface area contributed by atoms with Gasteiger partial charge in [-0.15, -0.1) is 0 Å². The Bertz CT molecular complexity index is 930. The van der Waals surface area contributed by atoms with Gasteiger partial charge in [0, 0.05) is 37.9 Å². The van der Waals surface area contributed by atoms with Crippen molar-refractivity contribution in [3.8, 4) is 0 Å². The van der Waals surface area contributed by atoms with E-state index in [1.165, 1.54) is 0 Å². The molecule has 2 aromatic rings. The standard InChI is InChI=1S/C22H26F3N5O/c23-22(24,25)17-14-27-21(28-18-7-2-1-6-16(18)15-9-10-15)29-20(17)26-11-5-13-30-12-4-3-8-19(30)31/h1-2,6-7,14-15H,3-5,8-13H2,(H2,26,27,28,29). The number of benzene rings is 1. The number of hydrogen-bond acceptors (Lipinski definition) is 5. The predicted octanol–water partition coefficient (Wildman–Crippen LogP) is 4.93. The Kier molecular flexibility index (Phi) is 6.29. The summed E-state index contributed by atoms with van der Waals surface area (Å²) >= 11 is 0. The van der Waals surface area contributed by atoms with Crippen LogP contribution in [0.25, 0.3) is 0 Å². The van der Waals surface area contributed by atoms with Crippen LogP contribution in [0.5, 0.6) is 0 Å². The van der Waals surface area contributed by atoms with Crippen LogP contribution in [0.3, 0.4) is 0 Å². The number of carbonyl (C=O) groups excluding carboxylic acids is 1. The first kappa shape index (κ1) is 21.4. The fourth-order valence-corrected chi connectivity index (χ4v) is 3.84. The van der Waals surface area contributed by atoms with Gasteiger partial charge >= 0.3 is 6.18 Å². The van der Waals surface area contributed by atoms with Gasteiger partial charge in [0.1, 0.15) is 11.4 Å². The summed E-state index contributed by atoms with van der Waals surface area (Å²) in [5.74, 6) is 0.465. The number of nitrogens with one attached hydrogen (secondary N) is 2. The quantitative estimate of drug-likeness (QED) is 0.578. The SMILES string of the molecule is O=C1CCCCN1CCCNc1nc(Nc2ccccc2C2CC2)ncc1C(F)(F)F. The van der Waals surface area contributed by atoms with E-state index in [4.69, 9.17) is 0 Å². The molecule has 1 amide bonds. The van der Waals surface area contributed by atoms with E-state index >= 15 is 0 Å². The monoisotopic (exact) mass is 433 g/mol. The van der Waals surface area contributed by atoms with Gasteiger partial charge in [0.15, 0.2) is 0 Å². The average molecular weight is 433 g/mol. The third-order valence-electron chi connectivity index (χ3n) is 5.64. The highest BCUT2D eigenvalue weighted by Gasteiger charge is 2.35. The first-order valence-corrected chi connectivity index (χ1v) is 10.7. The smallest absolute Gasteiger partial charge is 0.369 e. The maximum absolute atomic E-state index is 13.4. The molecule has 1 aliphatic carbocycles. The molecule has 1 aromatic heterocycles. The van der Waals surface area contributed by atoms with Crippen molar-refractivity contribution in [1.82, 2.24) is 14.9 Å². The Hall–Kier alpha value is -2.84. The highest BCUT2D eigenvalue weighted by Crippen LogP contribution is 2.43. The van der Waals surface area contributed by atoms with E-state index in [9.17, 15) is 18.0 Å². The van der Waals surface area contributed by atoms with Crippen molar-refractivity contribution >= 4 is 23.4 Å². The Balaban J connectivity index is 1.44. The van der Waals surface area contributed by atoms with E-state index < -0.39 is 11.7 Å². The van der Waals surface area contributed by atoms with Crippen molar-refractivity contribution < 1.29 is 18.0 Å². The number of hydrogen-bond donors (Lipinski definition) is 2. The average Bonchev–Trinajstić information content (AvgIpc) is 3.57. The van der Waals surface area contributed by atoms with Crippen LogP contribution < -0.4 is 10.6 Å². The number of nitrogens with zero attached hydrogens (tertiary/aromatic N) is 3. The third kappa shape index (κ3) is 5.45. The molecule has 1 aliphatic heterocycles. The lowest BCUT2D eigenvalue weighted by Gasteiger charge is -2.26. The van der Waals surface area contributed by atoms with E-state index in [2.05, 4.69) is 20.6 Å². The first-order chi connectivity index (χ1) is 14.9. The lowest BCUT2D eigenvalue weighted by atomic mass is 10.1. The number of amides is 1. The molecule has 1 saturated carbocycles. The fourth-order valence-electron chi connectivity index (χ4n) is 3.84. The molecule has 2 heterocycles. The minimum Gasteiger partial charge on any atom is -0.369 e. The number of carbonyl (C=O) groups is 1. The first-order valence-electron chi connectivity index (χ1n) is 10.7. The molecule has 0 unspecified atom stereocenters. The maximum atomic E-state index is 13.4. The van der Waals surface area contributed by atoms with Crippen LogP contribution in [0.2, 0.25) is 0 Å². The van der Waals surface area contributed by atoms with E-state index in [-0.39, 0.29) is 24.2 Å². The Morgan fingerprint density at radius 2 is 1.97 bits per heavy atom. The normalized spacial score (nSPS) is 17.0. The van der Waals surface area contributed by atoms with Crippen molar-refractivity contribution in [3.63, 3.8) is 0 Å². The van der Waals surface area contributed by atoms with Gasteiger partial charge in [-0.05, 0) is 49.7 Å². The zero-order valence-corrected chi connectivity index (χ0v) is 17.2. The van der Waals surface area contributed by atoms with Crippen LogP contribution in [0.1, 0.15) is 55.6 Å². The van der Waals surface area contributed by atoms with Gasteiger partial charge < -0.3 is 15.5 Å². The molecule has 0 atom stereocenters. The second kappa shape index (κ2) is 9.11. The zero-order valence-electron chi connectivity index (χ0n) is 17.2. The highest BCUT2D eigenvalue weighted by atomic mass is 19.4. The summed E-state index contributed by atoms with van der Waals surface area (Å²) in [5, 5.41) is 5.88. The summed E-state index contributed by atoms with van der Waals surface area (Å²) in [4.78, 5) is 21.7. The minimum absolute atomic E-state index is 0.116. The van der Waals surface area contributed by atoms with E-state index in [1.807, 2.05) is 24.3 Å². The zero-order chi connectivity index (χ0) is 21.8. The molecular weight excluding hydrogens is 407 g/mol. The molecule has 31 heavy (non-hydrogen) atoms. The second-order valence-corrected chi connectivity index (χ2v) is 8.06. The minimum atomic E-state index is -4.56. The molecule has 0 radical (unpaired) electrons. The molecule has 0 spiro atoms. The molecule has 2 aliphatic rings. The number of para-hydroxylation sites is 1. The predicted molar refractivity (Wildman–Crippen MR) is 112 cm³/mol. The Morgan fingerprint density at radius 3 is 2.71 bits per heavy atom. The van der Waals surface area contributed by atoms with Crippen LogP contribution in [0.4, 0.5) is 30.6 Å². The molecule has 6 nitrogen and oxygen atoms in total. The number of likely N-dealkylation sites (tertiary alicyclic amines) is 1. The lowest BCUT2D eigenvalue weighted by Crippen LogP contribution is -2.36. The van der Waals surface area contributed by atoms with Crippen LogP contribution in [0.15, 0.2) is 30.5 Å². The van der Waals surface area contributed by atoms with Gasteiger partial charge in [-0.1, -0.05) is 18.2 Å². The van der Waals surface area contributed by atoms with Crippen LogP contribution in [-0.2, 0) is 11.0 Å². The molecule has 2 N–H and O–H groups in total. The van der Waals surface area contributed by atoms with Gasteiger partial charge in [0.2, 0.25) is 11.9 Å². The summed E-state index contributed by atoms with van der Waals surface area (Å²) in [6.07, 6.45) is 1.44. The van der Waals surface area contributed by atoms with Crippen molar-refractivity contribution in [2.45, 2.75) is 50.6 Å². The van der Waals surface area contributed by atoms with E-state index in [0.29, 0.717) is 31.8 Å². The van der Waals surface area contributed by atoms with Gasteiger partial charge in [-0.3, -0.25) is 4.79 Å². The van der Waals surface area contributed by atoms with Crippen LogP contribution in [-0.4, -0.2) is 40.4 Å². The summed E-state index contributed by atoms with van der Waals surface area (Å²) in [7, 11) is 0. The molecule has 1 aromatic carbocycles. The maximum Gasteiger partial charge on any atom is 0.421 e. The molecule has 0 bridgehead atoms. The highest BCUT2D eigenvalue weighted by molar-refractivity contribution is 5.76. The number of piperidine rings is 1. The van der Waals surface area contributed by atoms with Gasteiger partial charge in [0.25, 0.3) is 0 Å². The molecule has 4 rings (SSSR count). The number of anilines is 3. The number of alkyl halides is 3. The number of aromatic nitrogens is 2. The van der Waals surface area contributed by atoms with Crippen LogP contribution >= 0.6 is 0 Å². The summed E-state index contributed by atoms with van der Waals surface area (Å²) in [5.41, 5.74) is 1.05. The number of halogens is 3. The summed E-state index contributed by atoms with van der Waals surface area (Å²) < 4.78 is 40.3. The summed E-state index contributed by atoms with van der Waals surface area (Å²) in [6.45, 7) is 1.52. The van der Waals surface area contributed by atoms with E-state index in [0.717, 1.165) is 43.1 Å².